The molecule has 2 rings (SSSR count). The van der Waals surface area contributed by atoms with Gasteiger partial charge in [0.2, 0.25) is 0 Å². The van der Waals surface area contributed by atoms with E-state index in [1.54, 1.807) is 0 Å². The number of unbranched alkanes of at least 4 members (excludes halogenated alkanes) is 4. The number of halogens is 1. The van der Waals surface area contributed by atoms with Gasteiger partial charge in [-0.3, -0.25) is 18.9 Å². The maximum atomic E-state index is 12.8. The Morgan fingerprint density at radius 2 is 1.62 bits per heavy atom. The normalized spacial score (nSPS) is 16.5. The van der Waals surface area contributed by atoms with Crippen LogP contribution in [0.3, 0.4) is 0 Å². The maximum absolute atomic E-state index is 12.8. The van der Waals surface area contributed by atoms with Gasteiger partial charge in [-0.2, -0.15) is 16.8 Å². The molecule has 0 aliphatic carbocycles. The summed E-state index contributed by atoms with van der Waals surface area (Å²) in [6.45, 7) is 0.345. The highest BCUT2D eigenvalue weighted by Crippen LogP contribution is 2.20. The Kier molecular flexibility index (Phi) is 9.23. The third-order valence-corrected chi connectivity index (χ3v) is 6.78. The highest BCUT2D eigenvalue weighted by Gasteiger charge is 2.48. The summed E-state index contributed by atoms with van der Waals surface area (Å²) >= 11 is 0. The van der Waals surface area contributed by atoms with Crippen LogP contribution in [-0.4, -0.2) is 61.9 Å². The van der Waals surface area contributed by atoms with E-state index in [0.717, 1.165) is 12.1 Å². The summed E-state index contributed by atoms with van der Waals surface area (Å²) in [5.41, 5.74) is 0.184. The molecule has 0 saturated carbocycles. The van der Waals surface area contributed by atoms with Gasteiger partial charge in [0.15, 0.2) is 5.25 Å². The van der Waals surface area contributed by atoms with Crippen LogP contribution in [0.2, 0.25) is 0 Å². The highest BCUT2D eigenvalue weighted by atomic mass is 32.3. The number of amides is 3. The van der Waals surface area contributed by atoms with Crippen molar-refractivity contribution in [1.82, 2.24) is 10.4 Å². The molecule has 15 heteroatoms. The third kappa shape index (κ3) is 7.85. The van der Waals surface area contributed by atoms with Crippen molar-refractivity contribution in [2.24, 2.45) is 0 Å². The fourth-order valence-corrected chi connectivity index (χ4v) is 4.22. The first-order chi connectivity index (χ1) is 15.8. The standard InChI is InChI=1S/C19H23FN2O10S2/c20-33(27,28)14-9-7-13(8-10-14)18(25)21-11-5-3-1-2-4-6-17(24)32-22-16(23)12-15(19(22)26)34(29,30)31/h7-10,15H,1-6,11-12H2,(H,21,25)(H,29,30,31). The number of hydroxylamine groups is 2. The van der Waals surface area contributed by atoms with Crippen LogP contribution < -0.4 is 5.32 Å². The molecule has 0 spiro atoms. The van der Waals surface area contributed by atoms with Crippen molar-refractivity contribution >= 4 is 44.0 Å². The summed E-state index contributed by atoms with van der Waals surface area (Å²) in [5, 5.41) is 0.733. The van der Waals surface area contributed by atoms with Crippen LogP contribution in [0.1, 0.15) is 55.3 Å². The van der Waals surface area contributed by atoms with Crippen molar-refractivity contribution in [3.63, 3.8) is 0 Å². The molecule has 12 nitrogen and oxygen atoms in total. The molecule has 1 aliphatic rings. The van der Waals surface area contributed by atoms with Crippen molar-refractivity contribution < 1.29 is 49.3 Å². The molecule has 0 bridgehead atoms. The molecular formula is C19H23FN2O10S2. The monoisotopic (exact) mass is 522 g/mol. The lowest BCUT2D eigenvalue weighted by atomic mass is 10.1. The number of imide groups is 1. The van der Waals surface area contributed by atoms with Gasteiger partial charge in [-0.05, 0) is 37.1 Å². The molecule has 1 heterocycles. The van der Waals surface area contributed by atoms with Crippen LogP contribution in [0.15, 0.2) is 29.2 Å². The van der Waals surface area contributed by atoms with E-state index in [2.05, 4.69) is 10.2 Å². The predicted molar refractivity (Wildman–Crippen MR) is 113 cm³/mol. The van der Waals surface area contributed by atoms with E-state index in [0.29, 0.717) is 38.6 Å². The number of hydrogen-bond donors (Lipinski definition) is 2. The summed E-state index contributed by atoms with van der Waals surface area (Å²) in [5.74, 6) is -3.68. The molecule has 1 unspecified atom stereocenters. The van der Waals surface area contributed by atoms with E-state index < -0.39 is 60.6 Å². The number of carbonyl (C=O) groups excluding carboxylic acids is 4. The summed E-state index contributed by atoms with van der Waals surface area (Å²) in [7, 11) is -9.60. The largest absolute Gasteiger partial charge is 0.352 e. The molecule has 188 valence electrons. The second-order valence-corrected chi connectivity index (χ2v) is 10.4. The Morgan fingerprint density at radius 1 is 1.03 bits per heavy atom. The molecule has 34 heavy (non-hydrogen) atoms. The zero-order chi connectivity index (χ0) is 25.5. The molecule has 1 aliphatic heterocycles. The predicted octanol–water partition coefficient (Wildman–Crippen LogP) is 0.889. The molecule has 3 amide bonds. The van der Waals surface area contributed by atoms with Crippen LogP contribution in [0.25, 0.3) is 0 Å². The number of nitrogens with zero attached hydrogens (tertiary/aromatic N) is 1. The SMILES string of the molecule is O=C(CCCCCCCNC(=O)c1ccc(S(=O)(=O)F)cc1)ON1C(=O)CC(S(=O)(=O)O)C1=O. The first kappa shape index (κ1) is 27.3. The number of carbonyl (C=O) groups is 4. The highest BCUT2D eigenvalue weighted by molar-refractivity contribution is 7.87. The third-order valence-electron chi connectivity index (χ3n) is 4.86. The van der Waals surface area contributed by atoms with Crippen molar-refractivity contribution in [3.8, 4) is 0 Å². The average molecular weight is 523 g/mol. The maximum Gasteiger partial charge on any atom is 0.333 e. The smallest absolute Gasteiger partial charge is 0.333 e. The number of hydrogen-bond acceptors (Lipinski definition) is 9. The number of nitrogens with one attached hydrogen (secondary N) is 1. The van der Waals surface area contributed by atoms with Gasteiger partial charge >= 0.3 is 16.2 Å². The molecule has 1 aromatic rings. The van der Waals surface area contributed by atoms with Gasteiger partial charge in [-0.1, -0.05) is 19.3 Å². The van der Waals surface area contributed by atoms with Crippen LogP contribution >= 0.6 is 0 Å². The van der Waals surface area contributed by atoms with Crippen LogP contribution in [-0.2, 0) is 39.6 Å². The molecular weight excluding hydrogens is 499 g/mol. The molecule has 1 fully saturated rings. The minimum atomic E-state index is -4.83. The molecule has 1 saturated heterocycles. The minimum absolute atomic E-state index is 0.0630. The summed E-state index contributed by atoms with van der Waals surface area (Å²) in [6.07, 6.45) is 2.12. The van der Waals surface area contributed by atoms with Gasteiger partial charge in [-0.15, -0.1) is 8.95 Å². The van der Waals surface area contributed by atoms with E-state index >= 15 is 0 Å². The van der Waals surface area contributed by atoms with Crippen LogP contribution in [0.4, 0.5) is 3.89 Å². The van der Waals surface area contributed by atoms with Crippen molar-refractivity contribution in [2.45, 2.75) is 55.1 Å². The van der Waals surface area contributed by atoms with Gasteiger partial charge < -0.3 is 10.2 Å². The van der Waals surface area contributed by atoms with Crippen LogP contribution in [0.5, 0.6) is 0 Å². The van der Waals surface area contributed by atoms with E-state index in [9.17, 15) is 39.9 Å². The Labute approximate surface area is 195 Å². The Bertz CT molecular complexity index is 1150. The first-order valence-corrected chi connectivity index (χ1v) is 13.1. The van der Waals surface area contributed by atoms with Crippen LogP contribution in [0, 0.1) is 0 Å². The lowest BCUT2D eigenvalue weighted by Gasteiger charge is -2.13. The second kappa shape index (κ2) is 11.5. The average Bonchev–Trinajstić information content (AvgIpc) is 3.03. The Morgan fingerprint density at radius 3 is 2.18 bits per heavy atom. The van der Waals surface area contributed by atoms with Gasteiger partial charge in [-0.25, -0.2) is 4.79 Å². The van der Waals surface area contributed by atoms with Gasteiger partial charge in [0.1, 0.15) is 0 Å². The molecule has 1 aromatic carbocycles. The summed E-state index contributed by atoms with van der Waals surface area (Å²) in [6, 6.07) is 4.40. The van der Waals surface area contributed by atoms with Gasteiger partial charge in [0.05, 0.1) is 11.3 Å². The Balaban J connectivity index is 1.59. The molecule has 2 N–H and O–H groups in total. The minimum Gasteiger partial charge on any atom is -0.352 e. The zero-order valence-corrected chi connectivity index (χ0v) is 19.4. The lowest BCUT2D eigenvalue weighted by molar-refractivity contribution is -0.197. The first-order valence-electron chi connectivity index (χ1n) is 10.2. The molecule has 0 aromatic heterocycles. The quantitative estimate of drug-likeness (QED) is 0.173. The second-order valence-electron chi connectivity index (χ2n) is 7.43. The summed E-state index contributed by atoms with van der Waals surface area (Å²) < 4.78 is 65.4. The lowest BCUT2D eigenvalue weighted by Crippen LogP contribution is -2.36. The van der Waals surface area contributed by atoms with Crippen molar-refractivity contribution in [1.29, 1.82) is 0 Å². The van der Waals surface area contributed by atoms with E-state index in [1.165, 1.54) is 12.1 Å². The fourth-order valence-electron chi connectivity index (χ4n) is 3.06. The van der Waals surface area contributed by atoms with E-state index in [1.807, 2.05) is 0 Å². The van der Waals surface area contributed by atoms with Gasteiger partial charge in [0.25, 0.3) is 27.8 Å². The number of benzene rings is 1. The van der Waals surface area contributed by atoms with Crippen molar-refractivity contribution in [3.05, 3.63) is 29.8 Å². The number of rotatable bonds is 12. The topological polar surface area (TPSA) is 181 Å². The van der Waals surface area contributed by atoms with E-state index in [4.69, 9.17) is 4.55 Å². The van der Waals surface area contributed by atoms with E-state index in [-0.39, 0.29) is 17.0 Å². The fraction of sp³-hybridized carbons (Fsp3) is 0.474. The van der Waals surface area contributed by atoms with Gasteiger partial charge in [0, 0.05) is 18.5 Å². The van der Waals surface area contributed by atoms with Crippen molar-refractivity contribution in [2.75, 3.05) is 6.54 Å². The Hall–Kier alpha value is -2.91. The zero-order valence-electron chi connectivity index (χ0n) is 17.8. The summed E-state index contributed by atoms with van der Waals surface area (Å²) in [4.78, 5) is 51.3. The molecule has 0 radical (unpaired) electrons. The molecule has 1 atom stereocenters.